The summed E-state index contributed by atoms with van der Waals surface area (Å²) in [6.45, 7) is 18.5. The Labute approximate surface area is 379 Å². The molecule has 18 nitrogen and oxygen atoms in total. The molecule has 1 spiro atoms. The fraction of sp³-hybridized carbons (Fsp3) is 0.587. The van der Waals surface area contributed by atoms with Gasteiger partial charge in [-0.25, -0.2) is 4.18 Å². The number of aliphatic hydroxyl groups excluding tert-OH is 1. The van der Waals surface area contributed by atoms with E-state index in [0.29, 0.717) is 31.8 Å². The highest BCUT2D eigenvalue weighted by Crippen LogP contribution is 2.50. The van der Waals surface area contributed by atoms with E-state index in [1.165, 1.54) is 66.2 Å². The monoisotopic (exact) mass is 926 g/mol. The molecule has 1 saturated heterocycles. The van der Waals surface area contributed by atoms with Crippen molar-refractivity contribution in [3.05, 3.63) is 58.0 Å². The van der Waals surface area contributed by atoms with Gasteiger partial charge in [-0.2, -0.15) is 8.42 Å². The molecule has 0 saturated carbocycles. The summed E-state index contributed by atoms with van der Waals surface area (Å²) in [5, 5.41) is 38.6. The Balaban J connectivity index is 1.55. The second-order valence-electron chi connectivity index (χ2n) is 18.5. The number of carbonyl (C=O) groups is 3. The van der Waals surface area contributed by atoms with Gasteiger partial charge in [-0.05, 0) is 25.8 Å². The first-order valence-corrected chi connectivity index (χ1v) is 23.2. The molecule has 9 atom stereocenters. The quantitative estimate of drug-likeness (QED) is 0.151. The predicted molar refractivity (Wildman–Crippen MR) is 238 cm³/mol. The number of nitrogens with zero attached hydrogens (tertiary/aromatic N) is 3. The van der Waals surface area contributed by atoms with Gasteiger partial charge in [0.05, 0.1) is 40.9 Å². The Bertz CT molecular complexity index is 2570. The van der Waals surface area contributed by atoms with Crippen LogP contribution in [0.25, 0.3) is 10.8 Å². The van der Waals surface area contributed by atoms with Crippen molar-refractivity contribution in [2.45, 2.75) is 118 Å². The van der Waals surface area contributed by atoms with Gasteiger partial charge in [0.2, 0.25) is 0 Å². The van der Waals surface area contributed by atoms with E-state index in [2.05, 4.69) is 24.1 Å². The molecule has 4 heterocycles. The third-order valence-electron chi connectivity index (χ3n) is 13.1. The van der Waals surface area contributed by atoms with Gasteiger partial charge in [-0.15, -0.1) is 0 Å². The van der Waals surface area contributed by atoms with Gasteiger partial charge >= 0.3 is 22.2 Å². The van der Waals surface area contributed by atoms with Crippen molar-refractivity contribution in [1.29, 1.82) is 0 Å². The minimum Gasteiger partial charge on any atom is -0.507 e. The zero-order chi connectivity index (χ0) is 48.1. The number of nitrogens with one attached hydrogen (secondary N) is 1. The second kappa shape index (κ2) is 18.8. The largest absolute Gasteiger partial charge is 0.507 e. The zero-order valence-corrected chi connectivity index (χ0v) is 39.6. The van der Waals surface area contributed by atoms with Crippen LogP contribution in [0.2, 0.25) is 0 Å². The van der Waals surface area contributed by atoms with Crippen molar-refractivity contribution >= 4 is 44.5 Å². The number of carbonyl (C=O) groups excluding carboxylic acids is 3. The average molecular weight is 927 g/mol. The summed E-state index contributed by atoms with van der Waals surface area (Å²) < 4.78 is 63.5. The van der Waals surface area contributed by atoms with Crippen LogP contribution in [0.1, 0.15) is 91.1 Å². The van der Waals surface area contributed by atoms with Gasteiger partial charge in [0, 0.05) is 93.6 Å². The molecule has 4 bridgehead atoms. The second-order valence-corrected chi connectivity index (χ2v) is 19.5. The van der Waals surface area contributed by atoms with E-state index in [1.807, 2.05) is 0 Å². The van der Waals surface area contributed by atoms with Crippen LogP contribution in [0.3, 0.4) is 0 Å². The molecule has 1 amide bonds. The molecule has 0 radical (unpaired) electrons. The number of phenolic OH excluding ortho intramolecular Hbond substituents is 2. The number of esters is 1. The molecular weight excluding hydrogens is 865 g/mol. The van der Waals surface area contributed by atoms with E-state index in [4.69, 9.17) is 33.1 Å². The predicted octanol–water partition coefficient (Wildman–Crippen LogP) is 4.58. The Morgan fingerprint density at radius 2 is 1.63 bits per heavy atom. The molecule has 1 fully saturated rings. The van der Waals surface area contributed by atoms with E-state index in [0.717, 1.165) is 6.54 Å². The van der Waals surface area contributed by atoms with Crippen molar-refractivity contribution in [3.8, 4) is 17.2 Å². The normalized spacial score (nSPS) is 31.6. The van der Waals surface area contributed by atoms with Crippen LogP contribution in [0.5, 0.6) is 17.2 Å². The number of methoxy groups -OCH3 is 1. The van der Waals surface area contributed by atoms with Crippen LogP contribution < -0.4 is 20.8 Å². The lowest BCUT2D eigenvalue weighted by molar-refractivity contribution is -0.159. The van der Waals surface area contributed by atoms with Gasteiger partial charge in [0.15, 0.2) is 11.4 Å². The molecule has 4 aliphatic rings. The van der Waals surface area contributed by atoms with E-state index in [9.17, 15) is 42.7 Å². The lowest BCUT2D eigenvalue weighted by Crippen LogP contribution is -2.48. The summed E-state index contributed by atoms with van der Waals surface area (Å²) >= 11 is 0. The van der Waals surface area contributed by atoms with Crippen LogP contribution in [-0.2, 0) is 38.4 Å². The highest BCUT2D eigenvalue weighted by molar-refractivity contribution is 7.80. The number of ether oxygens (including phenoxy) is 4. The Hall–Kier alpha value is -4.92. The number of hydrogen-bond acceptors (Lipinski definition) is 16. The Morgan fingerprint density at radius 1 is 0.985 bits per heavy atom. The summed E-state index contributed by atoms with van der Waals surface area (Å²) in [6, 6.07) is 0. The van der Waals surface area contributed by atoms with Gasteiger partial charge < -0.3 is 44.5 Å². The number of aliphatic hydroxyl groups is 1. The number of hydrogen-bond donors (Lipinski definition) is 5. The minimum absolute atomic E-state index is 0.0101. The van der Waals surface area contributed by atoms with Crippen LogP contribution in [-0.4, -0.2) is 113 Å². The third-order valence-corrected chi connectivity index (χ3v) is 13.5. The fourth-order valence-corrected chi connectivity index (χ4v) is 10.1. The number of ketones is 1. The lowest BCUT2D eigenvalue weighted by atomic mass is 9.78. The Kier molecular flexibility index (Phi) is 14.3. The van der Waals surface area contributed by atoms with Crippen molar-refractivity contribution in [1.82, 2.24) is 4.90 Å². The fourth-order valence-electron chi connectivity index (χ4n) is 9.50. The van der Waals surface area contributed by atoms with Crippen LogP contribution in [0, 0.1) is 36.5 Å². The highest BCUT2D eigenvalue weighted by atomic mass is 32.3. The topological polar surface area (TPSA) is 252 Å². The summed E-state index contributed by atoms with van der Waals surface area (Å²) in [4.78, 5) is 53.9. The maximum absolute atomic E-state index is 14.8. The Morgan fingerprint density at radius 3 is 2.23 bits per heavy atom. The molecule has 6 rings (SSSR count). The molecule has 19 heteroatoms. The summed E-state index contributed by atoms with van der Waals surface area (Å²) in [7, 11) is -3.73. The number of piperidine rings is 1. The molecule has 4 aliphatic heterocycles. The molecule has 2 aromatic carbocycles. The van der Waals surface area contributed by atoms with Crippen molar-refractivity contribution in [3.63, 3.8) is 0 Å². The molecule has 2 aromatic rings. The summed E-state index contributed by atoms with van der Waals surface area (Å²) in [5.74, 6) is -8.09. The number of fused-ring (bicyclic) bond motifs is 1. The number of anilines is 1. The first-order valence-electron chi connectivity index (χ1n) is 21.9. The van der Waals surface area contributed by atoms with Crippen LogP contribution >= 0.6 is 0 Å². The number of likely N-dealkylation sites (tertiary alicyclic amines) is 1. The minimum atomic E-state index is -5.11. The number of allylic oxidation sites excluding steroid dienone is 2. The van der Waals surface area contributed by atoms with Crippen molar-refractivity contribution in [2.75, 3.05) is 32.1 Å². The molecule has 5 N–H and O–H groups in total. The number of rotatable bonds is 6. The average Bonchev–Trinajstić information content (AvgIpc) is 3.73. The number of amides is 1. The third kappa shape index (κ3) is 9.81. The van der Waals surface area contributed by atoms with Gasteiger partial charge in [0.1, 0.15) is 28.6 Å². The SMILES string of the molecule is CO[C@H]1/C=C/O[C@@]2(C)Oc3c(C)c(O)c4c(O)c(c5c(c4c3C2=O)=NC2(CCN(CC(C)C)CC2)N=5)NC(=O)/C(C)=C\C=C\[C@H](C)[C@H](O)[C@@H](C)[C@@H](OS(=O)(=O)O)[C@@H](C)[C@H](OC(C)=O)[C@@H]1C. The molecule has 65 heavy (non-hydrogen) atoms. The lowest BCUT2D eigenvalue weighted by Gasteiger charge is -2.39. The van der Waals surface area contributed by atoms with E-state index in [1.54, 1.807) is 26.8 Å². The first kappa shape index (κ1) is 49.5. The number of aromatic hydroxyl groups is 2. The van der Waals surface area contributed by atoms with Crippen LogP contribution in [0.4, 0.5) is 5.69 Å². The van der Waals surface area contributed by atoms with Crippen molar-refractivity contribution in [2.24, 2.45) is 39.6 Å². The summed E-state index contributed by atoms with van der Waals surface area (Å²) in [5.41, 5.74) is -0.859. The van der Waals surface area contributed by atoms with Crippen molar-refractivity contribution < 1.29 is 65.8 Å². The standard InChI is InChI=1S/C46H62N4O14S/c1-22(2)21-50-18-16-46(17-19-50)48-34-31-32-38(53)27(7)42-33(31)43(55)45(10,63-42)61-20-15-30(60-11)25(5)40(62-29(9)51)28(8)41(64-65(57,58)59)26(6)37(52)23(3)13-12-14-24(4)44(56)47-36(39(32)54)35(34)49-46/h12-15,20,22-23,25-26,28,30,37,40-41,52-54H,16-19,21H2,1-11H3,(H,47,56)(H,57,58,59)/b13-12+,20-15+,24-14-/t23-,25+,26+,28-,30-,37-,40+,41+,45-/m0/s1. The van der Waals surface area contributed by atoms with E-state index >= 15 is 0 Å². The smallest absolute Gasteiger partial charge is 0.397 e. The van der Waals surface area contributed by atoms with E-state index < -0.39 is 99.1 Å². The zero-order valence-electron chi connectivity index (χ0n) is 38.7. The number of benzene rings is 2. The van der Waals surface area contributed by atoms with Gasteiger partial charge in [-0.1, -0.05) is 59.8 Å². The molecule has 356 valence electrons. The van der Waals surface area contributed by atoms with Crippen LogP contribution in [0.15, 0.2) is 46.1 Å². The maximum atomic E-state index is 14.8. The van der Waals surface area contributed by atoms with E-state index in [-0.39, 0.29) is 49.6 Å². The number of Topliss-reactive ketones (excluding diaryl/α,β-unsaturated/α-hetero) is 1. The first-order chi connectivity index (χ1) is 30.3. The molecule has 0 aromatic heterocycles. The van der Waals surface area contributed by atoms with Gasteiger partial charge in [-0.3, -0.25) is 28.9 Å². The summed E-state index contributed by atoms with van der Waals surface area (Å²) in [6.07, 6.45) is 3.41. The highest BCUT2D eigenvalue weighted by Gasteiger charge is 2.50. The molecule has 0 unspecified atom stereocenters. The molecule has 0 aliphatic carbocycles. The maximum Gasteiger partial charge on any atom is 0.397 e. The van der Waals surface area contributed by atoms with Gasteiger partial charge in [0.25, 0.3) is 11.7 Å². The molecular formula is C46H62N4O14S. The number of phenols is 2.